The molecule has 0 unspecified atom stereocenters. The van der Waals surface area contributed by atoms with Gasteiger partial charge in [-0.1, -0.05) is 6.08 Å². The van der Waals surface area contributed by atoms with Gasteiger partial charge in [0.2, 0.25) is 0 Å². The van der Waals surface area contributed by atoms with E-state index in [1.54, 1.807) is 0 Å². The maximum absolute atomic E-state index is 12.2. The highest BCUT2D eigenvalue weighted by atomic mass is 16.7. The molecule has 2 fully saturated rings. The van der Waals surface area contributed by atoms with E-state index in [-0.39, 0.29) is 24.4 Å². The second-order valence-electron chi connectivity index (χ2n) is 9.34. The monoisotopic (exact) mass is 335 g/mol. The van der Waals surface area contributed by atoms with Gasteiger partial charge in [0, 0.05) is 13.1 Å². The first-order chi connectivity index (χ1) is 10.9. The molecule has 1 aliphatic carbocycles. The van der Waals surface area contributed by atoms with E-state index in [4.69, 9.17) is 14.0 Å². The Hall–Kier alpha value is -1.01. The van der Waals surface area contributed by atoms with E-state index in [2.05, 4.69) is 33.8 Å². The summed E-state index contributed by atoms with van der Waals surface area (Å²) in [6, 6.07) is 0. The number of carbonyl (C=O) groups excluding carboxylic acids is 1. The quantitative estimate of drug-likeness (QED) is 0.689. The van der Waals surface area contributed by atoms with Gasteiger partial charge >= 0.3 is 13.2 Å². The Kier molecular flexibility index (Phi) is 4.08. The predicted octanol–water partition coefficient (Wildman–Crippen LogP) is 3.43. The van der Waals surface area contributed by atoms with Crippen LogP contribution in [0.2, 0.25) is 0 Å². The number of hydrogen-bond donors (Lipinski definition) is 0. The average molecular weight is 335 g/mol. The number of carbonyl (C=O) groups is 1. The molecule has 0 N–H and O–H groups in total. The molecule has 0 saturated carbocycles. The molecule has 5 nitrogen and oxygen atoms in total. The third-order valence-electron chi connectivity index (χ3n) is 5.63. The Morgan fingerprint density at radius 1 is 1.21 bits per heavy atom. The molecular formula is C18H30BNO4. The van der Waals surface area contributed by atoms with Crippen molar-refractivity contribution in [1.82, 2.24) is 4.90 Å². The second kappa shape index (κ2) is 5.50. The Labute approximate surface area is 145 Å². The molecule has 0 aromatic heterocycles. The van der Waals surface area contributed by atoms with Crippen molar-refractivity contribution in [3.8, 4) is 0 Å². The van der Waals surface area contributed by atoms with Gasteiger partial charge in [-0.15, -0.1) is 0 Å². The fraction of sp³-hybridized carbons (Fsp3) is 0.833. The van der Waals surface area contributed by atoms with Crippen LogP contribution in [0.4, 0.5) is 4.79 Å². The highest BCUT2D eigenvalue weighted by Gasteiger charge is 2.54. The van der Waals surface area contributed by atoms with Gasteiger partial charge in [-0.05, 0) is 72.2 Å². The number of likely N-dealkylation sites (tertiary alicyclic amines) is 1. The fourth-order valence-electron chi connectivity index (χ4n) is 3.59. The van der Waals surface area contributed by atoms with Crippen LogP contribution in [-0.2, 0) is 14.0 Å². The minimum atomic E-state index is -0.446. The van der Waals surface area contributed by atoms with E-state index < -0.39 is 5.60 Å². The number of rotatable bonds is 1. The molecule has 2 heterocycles. The van der Waals surface area contributed by atoms with Crippen molar-refractivity contribution < 1.29 is 18.8 Å². The van der Waals surface area contributed by atoms with Crippen molar-refractivity contribution >= 4 is 13.2 Å². The molecule has 0 spiro atoms. The third-order valence-corrected chi connectivity index (χ3v) is 5.63. The number of ether oxygens (including phenoxy) is 1. The summed E-state index contributed by atoms with van der Waals surface area (Å²) >= 11 is 0. The second-order valence-corrected chi connectivity index (χ2v) is 9.34. The molecule has 6 heteroatoms. The highest BCUT2D eigenvalue weighted by Crippen LogP contribution is 2.44. The molecule has 3 aliphatic rings. The zero-order chi connectivity index (χ0) is 17.9. The lowest BCUT2D eigenvalue weighted by molar-refractivity contribution is 0.00578. The SMILES string of the molecule is CC(C)(C)OC(=O)N1C[C@H]2CC(B3OC(C)(C)C(C)(C)O3)=C[C@@H]2C1. The molecule has 24 heavy (non-hydrogen) atoms. The molecule has 3 rings (SSSR count). The summed E-state index contributed by atoms with van der Waals surface area (Å²) in [5.41, 5.74) is 0.170. The highest BCUT2D eigenvalue weighted by molar-refractivity contribution is 6.54. The Balaban J connectivity index is 1.62. The molecule has 1 amide bonds. The van der Waals surface area contributed by atoms with Gasteiger partial charge in [0.05, 0.1) is 11.2 Å². The lowest BCUT2D eigenvalue weighted by Gasteiger charge is -2.32. The van der Waals surface area contributed by atoms with Crippen molar-refractivity contribution in [2.24, 2.45) is 11.8 Å². The maximum Gasteiger partial charge on any atom is 0.490 e. The number of nitrogens with zero attached hydrogens (tertiary/aromatic N) is 1. The Morgan fingerprint density at radius 3 is 2.29 bits per heavy atom. The first-order valence-corrected chi connectivity index (χ1v) is 8.92. The molecule has 2 atom stereocenters. The lowest BCUT2D eigenvalue weighted by Crippen LogP contribution is -2.41. The zero-order valence-corrected chi connectivity index (χ0v) is 16.0. The molecule has 0 aromatic carbocycles. The number of amides is 1. The molecule has 134 valence electrons. The van der Waals surface area contributed by atoms with Crippen LogP contribution in [0.15, 0.2) is 11.5 Å². The summed E-state index contributed by atoms with van der Waals surface area (Å²) in [7, 11) is -0.254. The number of fused-ring (bicyclic) bond motifs is 1. The van der Waals surface area contributed by atoms with Crippen molar-refractivity contribution in [3.63, 3.8) is 0 Å². The van der Waals surface area contributed by atoms with E-state index in [0.717, 1.165) is 19.5 Å². The van der Waals surface area contributed by atoms with Crippen LogP contribution in [0.1, 0.15) is 54.9 Å². The molecule has 2 aliphatic heterocycles. The lowest BCUT2D eigenvalue weighted by atomic mass is 9.77. The van der Waals surface area contributed by atoms with E-state index in [1.807, 2.05) is 25.7 Å². The van der Waals surface area contributed by atoms with Crippen LogP contribution in [-0.4, -0.2) is 48.0 Å². The van der Waals surface area contributed by atoms with E-state index in [1.165, 1.54) is 5.47 Å². The van der Waals surface area contributed by atoms with Crippen molar-refractivity contribution in [3.05, 3.63) is 11.5 Å². The number of hydrogen-bond acceptors (Lipinski definition) is 4. The van der Waals surface area contributed by atoms with Crippen LogP contribution in [0.25, 0.3) is 0 Å². The van der Waals surface area contributed by atoms with E-state index in [9.17, 15) is 4.79 Å². The van der Waals surface area contributed by atoms with Gasteiger partial charge in [0.15, 0.2) is 0 Å². The van der Waals surface area contributed by atoms with Crippen LogP contribution in [0.3, 0.4) is 0 Å². The summed E-state index contributed by atoms with van der Waals surface area (Å²) in [4.78, 5) is 14.1. The van der Waals surface area contributed by atoms with E-state index in [0.29, 0.717) is 11.8 Å². The Bertz CT molecular complexity index is 548. The van der Waals surface area contributed by atoms with Crippen LogP contribution >= 0.6 is 0 Å². The summed E-state index contributed by atoms with van der Waals surface area (Å²) in [6.45, 7) is 15.5. The molecule has 0 bridgehead atoms. The molecule has 0 aromatic rings. The first-order valence-electron chi connectivity index (χ1n) is 8.92. The van der Waals surface area contributed by atoms with Gasteiger partial charge < -0.3 is 18.9 Å². The summed E-state index contributed by atoms with van der Waals surface area (Å²) in [6.07, 6.45) is 2.99. The van der Waals surface area contributed by atoms with Crippen molar-refractivity contribution in [2.75, 3.05) is 13.1 Å². The van der Waals surface area contributed by atoms with Crippen LogP contribution in [0, 0.1) is 11.8 Å². The molecular weight excluding hydrogens is 305 g/mol. The van der Waals surface area contributed by atoms with Gasteiger partial charge in [-0.2, -0.15) is 0 Å². The standard InChI is InChI=1S/C18H30BNO4/c1-16(2,3)22-15(21)20-10-12-8-14(9-13(12)11-20)19-23-17(4,5)18(6,7)24-19/h8,12-13H,9-11H2,1-7H3/t12-,13-/m1/s1. The first kappa shape index (κ1) is 17.8. The smallest absolute Gasteiger partial charge is 0.444 e. The third kappa shape index (κ3) is 3.23. The largest absolute Gasteiger partial charge is 0.490 e. The van der Waals surface area contributed by atoms with Gasteiger partial charge in [0.1, 0.15) is 5.60 Å². The average Bonchev–Trinajstić information content (AvgIpc) is 2.97. The topological polar surface area (TPSA) is 48.0 Å². The summed E-state index contributed by atoms with van der Waals surface area (Å²) < 4.78 is 17.8. The van der Waals surface area contributed by atoms with Crippen molar-refractivity contribution in [1.29, 1.82) is 0 Å². The predicted molar refractivity (Wildman–Crippen MR) is 93.6 cm³/mol. The van der Waals surface area contributed by atoms with Crippen LogP contribution in [0.5, 0.6) is 0 Å². The van der Waals surface area contributed by atoms with Gasteiger partial charge in [-0.25, -0.2) is 4.79 Å². The minimum absolute atomic E-state index is 0.206. The van der Waals surface area contributed by atoms with E-state index >= 15 is 0 Å². The van der Waals surface area contributed by atoms with Gasteiger partial charge in [0.25, 0.3) is 0 Å². The van der Waals surface area contributed by atoms with Crippen molar-refractivity contribution in [2.45, 2.75) is 71.7 Å². The van der Waals surface area contributed by atoms with Crippen LogP contribution < -0.4 is 0 Å². The zero-order valence-electron chi connectivity index (χ0n) is 16.0. The normalized spacial score (nSPS) is 31.2. The summed E-state index contributed by atoms with van der Waals surface area (Å²) in [5.74, 6) is 0.832. The van der Waals surface area contributed by atoms with Gasteiger partial charge in [-0.3, -0.25) is 0 Å². The summed E-state index contributed by atoms with van der Waals surface area (Å²) in [5, 5.41) is 0. The maximum atomic E-state index is 12.2. The molecule has 2 saturated heterocycles. The fourth-order valence-corrected chi connectivity index (χ4v) is 3.59. The minimum Gasteiger partial charge on any atom is -0.444 e. The molecule has 0 radical (unpaired) electrons. The number of allylic oxidation sites excluding steroid dienone is 1. The Morgan fingerprint density at radius 2 is 1.79 bits per heavy atom.